The van der Waals surface area contributed by atoms with Gasteiger partial charge in [0.25, 0.3) is 0 Å². The molecule has 0 saturated carbocycles. The lowest BCUT2D eigenvalue weighted by Crippen LogP contribution is -1.99. The monoisotopic (exact) mass is 200 g/mol. The van der Waals surface area contributed by atoms with Gasteiger partial charge in [-0.1, -0.05) is 23.8 Å². The van der Waals surface area contributed by atoms with E-state index in [1.54, 1.807) is 6.07 Å². The van der Waals surface area contributed by atoms with Crippen molar-refractivity contribution in [2.75, 3.05) is 0 Å². The molecule has 1 aromatic carbocycles. The molecule has 0 amide bonds. The van der Waals surface area contributed by atoms with E-state index >= 15 is 0 Å². The Balaban J connectivity index is 2.36. The average Bonchev–Trinajstić information content (AvgIpc) is 2.64. The highest BCUT2D eigenvalue weighted by Crippen LogP contribution is 2.13. The van der Waals surface area contributed by atoms with Gasteiger partial charge in [0.15, 0.2) is 5.78 Å². The van der Waals surface area contributed by atoms with Gasteiger partial charge in [-0.25, -0.2) is 0 Å². The fourth-order valence-electron chi connectivity index (χ4n) is 1.52. The lowest BCUT2D eigenvalue weighted by molar-refractivity contribution is 0.103. The summed E-state index contributed by atoms with van der Waals surface area (Å²) in [5.41, 5.74) is 2.40. The second-order valence-corrected chi connectivity index (χ2v) is 3.64. The highest BCUT2D eigenvalue weighted by atomic mass is 16.3. The first-order valence-corrected chi connectivity index (χ1v) is 4.83. The summed E-state index contributed by atoms with van der Waals surface area (Å²) >= 11 is 0. The fourth-order valence-corrected chi connectivity index (χ4v) is 1.52. The zero-order valence-corrected chi connectivity index (χ0v) is 8.78. The standard InChI is InChI=1S/C13H12O2/c1-9-4-3-5-11(6-9)13(14)12-7-10(2)15-8-12/h3-8H,1-2H3. The van der Waals surface area contributed by atoms with Crippen LogP contribution in [0.4, 0.5) is 0 Å². The first-order chi connectivity index (χ1) is 7.16. The van der Waals surface area contributed by atoms with Crippen LogP contribution in [-0.4, -0.2) is 5.78 Å². The van der Waals surface area contributed by atoms with E-state index in [0.29, 0.717) is 11.1 Å². The zero-order valence-electron chi connectivity index (χ0n) is 8.78. The quantitative estimate of drug-likeness (QED) is 0.697. The van der Waals surface area contributed by atoms with Crippen molar-refractivity contribution in [1.29, 1.82) is 0 Å². The Kier molecular flexibility index (Phi) is 2.42. The van der Waals surface area contributed by atoms with Crippen LogP contribution in [0.2, 0.25) is 0 Å². The van der Waals surface area contributed by atoms with Crippen molar-refractivity contribution in [3.63, 3.8) is 0 Å². The maximum atomic E-state index is 12.0. The number of aryl methyl sites for hydroxylation is 2. The van der Waals surface area contributed by atoms with Crippen molar-refractivity contribution in [3.8, 4) is 0 Å². The van der Waals surface area contributed by atoms with Crippen LogP contribution in [0.3, 0.4) is 0 Å². The Labute approximate surface area is 88.5 Å². The fraction of sp³-hybridized carbons (Fsp3) is 0.154. The molecule has 0 saturated heterocycles. The summed E-state index contributed by atoms with van der Waals surface area (Å²) < 4.78 is 5.12. The molecule has 76 valence electrons. The van der Waals surface area contributed by atoms with Crippen LogP contribution < -0.4 is 0 Å². The summed E-state index contributed by atoms with van der Waals surface area (Å²) in [6.45, 7) is 3.80. The van der Waals surface area contributed by atoms with E-state index in [9.17, 15) is 4.79 Å². The van der Waals surface area contributed by atoms with Crippen molar-refractivity contribution in [3.05, 3.63) is 59.0 Å². The molecule has 0 bridgehead atoms. The molecule has 1 heterocycles. The normalized spacial score (nSPS) is 10.3. The van der Waals surface area contributed by atoms with Gasteiger partial charge in [0.2, 0.25) is 0 Å². The van der Waals surface area contributed by atoms with Crippen molar-refractivity contribution in [1.82, 2.24) is 0 Å². The predicted octanol–water partition coefficient (Wildman–Crippen LogP) is 3.13. The van der Waals surface area contributed by atoms with Gasteiger partial charge in [-0.2, -0.15) is 0 Å². The Bertz CT molecular complexity index is 495. The number of rotatable bonds is 2. The molecule has 0 aliphatic heterocycles. The van der Waals surface area contributed by atoms with Gasteiger partial charge in [0, 0.05) is 5.56 Å². The molecule has 0 unspecified atom stereocenters. The van der Waals surface area contributed by atoms with E-state index in [-0.39, 0.29) is 5.78 Å². The molecule has 15 heavy (non-hydrogen) atoms. The van der Waals surface area contributed by atoms with Crippen molar-refractivity contribution >= 4 is 5.78 Å². The van der Waals surface area contributed by atoms with Crippen LogP contribution in [0.1, 0.15) is 27.2 Å². The number of carbonyl (C=O) groups excluding carboxylic acids is 1. The minimum atomic E-state index is 0.00977. The third-order valence-corrected chi connectivity index (χ3v) is 2.27. The van der Waals surface area contributed by atoms with Gasteiger partial charge in [0.1, 0.15) is 12.0 Å². The lowest BCUT2D eigenvalue weighted by atomic mass is 10.0. The molecular weight excluding hydrogens is 188 g/mol. The van der Waals surface area contributed by atoms with Crippen LogP contribution in [0, 0.1) is 13.8 Å². The number of benzene rings is 1. The highest BCUT2D eigenvalue weighted by molar-refractivity contribution is 6.08. The van der Waals surface area contributed by atoms with Crippen LogP contribution in [0.5, 0.6) is 0 Å². The Morgan fingerprint density at radius 2 is 1.93 bits per heavy atom. The van der Waals surface area contributed by atoms with Crippen LogP contribution >= 0.6 is 0 Å². The number of hydrogen-bond acceptors (Lipinski definition) is 2. The van der Waals surface area contributed by atoms with Gasteiger partial charge < -0.3 is 4.42 Å². The molecule has 2 nitrogen and oxygen atoms in total. The smallest absolute Gasteiger partial charge is 0.196 e. The van der Waals surface area contributed by atoms with E-state index in [4.69, 9.17) is 4.42 Å². The minimum absolute atomic E-state index is 0.00977. The van der Waals surface area contributed by atoms with Crippen molar-refractivity contribution in [2.45, 2.75) is 13.8 Å². The average molecular weight is 200 g/mol. The maximum absolute atomic E-state index is 12.0. The Morgan fingerprint density at radius 1 is 1.13 bits per heavy atom. The molecule has 0 radical (unpaired) electrons. The molecule has 0 atom stereocenters. The molecule has 0 N–H and O–H groups in total. The van der Waals surface area contributed by atoms with E-state index in [1.165, 1.54) is 6.26 Å². The second-order valence-electron chi connectivity index (χ2n) is 3.64. The summed E-state index contributed by atoms with van der Waals surface area (Å²) in [5.74, 6) is 0.765. The van der Waals surface area contributed by atoms with Crippen LogP contribution in [-0.2, 0) is 0 Å². The Morgan fingerprint density at radius 3 is 2.53 bits per heavy atom. The maximum Gasteiger partial charge on any atom is 0.196 e. The Hall–Kier alpha value is -1.83. The topological polar surface area (TPSA) is 30.2 Å². The number of furan rings is 1. The third-order valence-electron chi connectivity index (χ3n) is 2.27. The molecule has 2 heteroatoms. The lowest BCUT2D eigenvalue weighted by Gasteiger charge is -1.98. The first-order valence-electron chi connectivity index (χ1n) is 4.83. The first kappa shape index (κ1) is 9.71. The van der Waals surface area contributed by atoms with Crippen LogP contribution in [0.25, 0.3) is 0 Å². The summed E-state index contributed by atoms with van der Waals surface area (Å²) in [6, 6.07) is 9.31. The molecule has 2 rings (SSSR count). The van der Waals surface area contributed by atoms with Crippen molar-refractivity contribution < 1.29 is 9.21 Å². The molecule has 0 aliphatic carbocycles. The van der Waals surface area contributed by atoms with Gasteiger partial charge in [-0.3, -0.25) is 4.79 Å². The summed E-state index contributed by atoms with van der Waals surface area (Å²) in [4.78, 5) is 12.0. The molecule has 2 aromatic rings. The van der Waals surface area contributed by atoms with E-state index in [0.717, 1.165) is 11.3 Å². The van der Waals surface area contributed by atoms with Gasteiger partial charge in [-0.15, -0.1) is 0 Å². The second kappa shape index (κ2) is 3.73. The SMILES string of the molecule is Cc1cccc(C(=O)c2coc(C)c2)c1. The number of hydrogen-bond donors (Lipinski definition) is 0. The molecule has 0 aliphatic rings. The van der Waals surface area contributed by atoms with Gasteiger partial charge in [-0.05, 0) is 26.0 Å². The van der Waals surface area contributed by atoms with Crippen LogP contribution in [0.15, 0.2) is 41.0 Å². The molecule has 0 spiro atoms. The zero-order chi connectivity index (χ0) is 10.8. The molecule has 1 aromatic heterocycles. The van der Waals surface area contributed by atoms with E-state index in [1.807, 2.05) is 38.1 Å². The third kappa shape index (κ3) is 1.99. The molecular formula is C13H12O2. The summed E-state index contributed by atoms with van der Waals surface area (Å²) in [5, 5.41) is 0. The van der Waals surface area contributed by atoms with Gasteiger partial charge in [0.05, 0.1) is 5.56 Å². The largest absolute Gasteiger partial charge is 0.469 e. The van der Waals surface area contributed by atoms with Crippen molar-refractivity contribution in [2.24, 2.45) is 0 Å². The predicted molar refractivity (Wildman–Crippen MR) is 58.1 cm³/mol. The number of carbonyl (C=O) groups is 1. The summed E-state index contributed by atoms with van der Waals surface area (Å²) in [7, 11) is 0. The minimum Gasteiger partial charge on any atom is -0.469 e. The van der Waals surface area contributed by atoms with E-state index in [2.05, 4.69) is 0 Å². The van der Waals surface area contributed by atoms with Gasteiger partial charge >= 0.3 is 0 Å². The number of ketones is 1. The summed E-state index contributed by atoms with van der Waals surface area (Å²) in [6.07, 6.45) is 1.50. The van der Waals surface area contributed by atoms with E-state index < -0.39 is 0 Å². The highest BCUT2D eigenvalue weighted by Gasteiger charge is 2.10. The molecule has 0 fully saturated rings.